The second-order valence-corrected chi connectivity index (χ2v) is 4.81. The standard InChI is InChI=1S/C13H16ClNO2/c1-9(2)8-16-10-3-4-13-11(7-10)12(5-6-14)15-17-13/h3-4,7,9H,5-6,8H2,1-2H3. The van der Waals surface area contributed by atoms with Crippen molar-refractivity contribution in [2.75, 3.05) is 12.5 Å². The van der Waals surface area contributed by atoms with E-state index in [1.165, 1.54) is 0 Å². The number of benzene rings is 1. The van der Waals surface area contributed by atoms with Crippen LogP contribution in [0.3, 0.4) is 0 Å². The predicted molar refractivity (Wildman–Crippen MR) is 68.8 cm³/mol. The van der Waals surface area contributed by atoms with E-state index in [0.29, 0.717) is 24.8 Å². The number of nitrogens with zero attached hydrogens (tertiary/aromatic N) is 1. The minimum atomic E-state index is 0.510. The second kappa shape index (κ2) is 5.41. The molecule has 1 aromatic carbocycles. The average Bonchev–Trinajstić information content (AvgIpc) is 2.70. The van der Waals surface area contributed by atoms with E-state index in [1.807, 2.05) is 18.2 Å². The Morgan fingerprint density at radius 3 is 2.94 bits per heavy atom. The van der Waals surface area contributed by atoms with Gasteiger partial charge in [0, 0.05) is 17.7 Å². The monoisotopic (exact) mass is 253 g/mol. The van der Waals surface area contributed by atoms with Gasteiger partial charge in [0.2, 0.25) is 0 Å². The summed E-state index contributed by atoms with van der Waals surface area (Å²) >= 11 is 5.72. The van der Waals surface area contributed by atoms with Crippen molar-refractivity contribution in [2.45, 2.75) is 20.3 Å². The normalized spacial score (nSPS) is 11.3. The number of ether oxygens (including phenoxy) is 1. The van der Waals surface area contributed by atoms with E-state index in [9.17, 15) is 0 Å². The Bertz CT molecular complexity index is 493. The summed E-state index contributed by atoms with van der Waals surface area (Å²) in [4.78, 5) is 0. The maximum absolute atomic E-state index is 5.72. The van der Waals surface area contributed by atoms with Crippen molar-refractivity contribution >= 4 is 22.6 Å². The highest BCUT2D eigenvalue weighted by Crippen LogP contribution is 2.24. The van der Waals surface area contributed by atoms with Crippen molar-refractivity contribution in [2.24, 2.45) is 5.92 Å². The summed E-state index contributed by atoms with van der Waals surface area (Å²) < 4.78 is 10.9. The molecule has 1 heterocycles. The molecule has 0 saturated heterocycles. The molecule has 0 radical (unpaired) electrons. The van der Waals surface area contributed by atoms with Crippen molar-refractivity contribution in [1.82, 2.24) is 5.16 Å². The Morgan fingerprint density at radius 2 is 2.24 bits per heavy atom. The van der Waals surface area contributed by atoms with Crippen molar-refractivity contribution in [1.29, 1.82) is 0 Å². The quantitative estimate of drug-likeness (QED) is 0.763. The molecule has 1 aromatic heterocycles. The van der Waals surface area contributed by atoms with Gasteiger partial charge in [-0.05, 0) is 24.1 Å². The fourth-order valence-electron chi connectivity index (χ4n) is 1.59. The molecule has 2 rings (SSSR count). The van der Waals surface area contributed by atoms with Gasteiger partial charge in [-0.25, -0.2) is 0 Å². The molecule has 0 amide bonds. The molecule has 0 aliphatic carbocycles. The zero-order valence-electron chi connectivity index (χ0n) is 10.1. The fourth-order valence-corrected chi connectivity index (χ4v) is 1.77. The molecular weight excluding hydrogens is 238 g/mol. The number of halogens is 1. The van der Waals surface area contributed by atoms with Gasteiger partial charge < -0.3 is 9.26 Å². The summed E-state index contributed by atoms with van der Waals surface area (Å²) in [5, 5.41) is 5.00. The first kappa shape index (κ1) is 12.2. The second-order valence-electron chi connectivity index (χ2n) is 4.43. The number of aromatic nitrogens is 1. The smallest absolute Gasteiger partial charge is 0.167 e. The molecule has 4 heteroatoms. The minimum absolute atomic E-state index is 0.510. The topological polar surface area (TPSA) is 35.3 Å². The van der Waals surface area contributed by atoms with Gasteiger partial charge in [0.25, 0.3) is 0 Å². The van der Waals surface area contributed by atoms with Gasteiger partial charge in [-0.2, -0.15) is 0 Å². The van der Waals surface area contributed by atoms with Crippen molar-refractivity contribution in [3.05, 3.63) is 23.9 Å². The molecule has 92 valence electrons. The van der Waals surface area contributed by atoms with Gasteiger partial charge in [0.15, 0.2) is 5.58 Å². The first-order chi connectivity index (χ1) is 8.20. The molecule has 3 nitrogen and oxygen atoms in total. The number of hydrogen-bond acceptors (Lipinski definition) is 3. The molecule has 0 saturated carbocycles. The van der Waals surface area contributed by atoms with E-state index >= 15 is 0 Å². The van der Waals surface area contributed by atoms with Crippen LogP contribution in [0.25, 0.3) is 11.0 Å². The molecule has 0 aliphatic rings. The molecule has 0 N–H and O–H groups in total. The van der Waals surface area contributed by atoms with Crippen molar-refractivity contribution < 1.29 is 9.26 Å². The number of aryl methyl sites for hydroxylation is 1. The van der Waals surface area contributed by atoms with Crippen molar-refractivity contribution in [3.63, 3.8) is 0 Å². The molecular formula is C13H16ClNO2. The highest BCUT2D eigenvalue weighted by molar-refractivity contribution is 6.18. The zero-order valence-corrected chi connectivity index (χ0v) is 10.8. The van der Waals surface area contributed by atoms with Crippen LogP contribution in [0.5, 0.6) is 5.75 Å². The predicted octanol–water partition coefficient (Wildman–Crippen LogP) is 3.64. The largest absolute Gasteiger partial charge is 0.493 e. The first-order valence-electron chi connectivity index (χ1n) is 5.77. The Balaban J connectivity index is 2.24. The number of rotatable bonds is 5. The van der Waals surface area contributed by atoms with Crippen LogP contribution in [-0.2, 0) is 6.42 Å². The van der Waals surface area contributed by atoms with Gasteiger partial charge in [0.1, 0.15) is 5.75 Å². The maximum atomic E-state index is 5.72. The lowest BCUT2D eigenvalue weighted by Gasteiger charge is -2.08. The Labute approximate surface area is 106 Å². The summed E-state index contributed by atoms with van der Waals surface area (Å²) in [7, 11) is 0. The zero-order chi connectivity index (χ0) is 12.3. The van der Waals surface area contributed by atoms with E-state index in [0.717, 1.165) is 22.4 Å². The number of alkyl halides is 1. The highest BCUT2D eigenvalue weighted by atomic mass is 35.5. The minimum Gasteiger partial charge on any atom is -0.493 e. The lowest BCUT2D eigenvalue weighted by Crippen LogP contribution is -2.04. The Morgan fingerprint density at radius 1 is 1.41 bits per heavy atom. The van der Waals surface area contributed by atoms with E-state index in [2.05, 4.69) is 19.0 Å². The van der Waals surface area contributed by atoms with Crippen LogP contribution in [0, 0.1) is 5.92 Å². The molecule has 0 spiro atoms. The van der Waals surface area contributed by atoms with Crippen LogP contribution in [0.1, 0.15) is 19.5 Å². The SMILES string of the molecule is CC(C)COc1ccc2onc(CCCl)c2c1. The molecule has 0 fully saturated rings. The molecule has 0 aliphatic heterocycles. The van der Waals surface area contributed by atoms with E-state index in [4.69, 9.17) is 20.9 Å². The van der Waals surface area contributed by atoms with Crippen LogP contribution < -0.4 is 4.74 Å². The third-order valence-electron chi connectivity index (χ3n) is 2.43. The molecule has 0 bridgehead atoms. The summed E-state index contributed by atoms with van der Waals surface area (Å²) in [5.74, 6) is 1.90. The van der Waals surface area contributed by atoms with Crippen LogP contribution in [0.2, 0.25) is 0 Å². The van der Waals surface area contributed by atoms with Gasteiger partial charge in [-0.15, -0.1) is 11.6 Å². The van der Waals surface area contributed by atoms with Gasteiger partial charge >= 0.3 is 0 Å². The number of hydrogen-bond donors (Lipinski definition) is 0. The van der Waals surface area contributed by atoms with Crippen LogP contribution in [-0.4, -0.2) is 17.6 Å². The molecule has 17 heavy (non-hydrogen) atoms. The van der Waals surface area contributed by atoms with E-state index in [1.54, 1.807) is 0 Å². The average molecular weight is 254 g/mol. The van der Waals surface area contributed by atoms with Crippen LogP contribution >= 0.6 is 11.6 Å². The third-order valence-corrected chi connectivity index (χ3v) is 2.62. The molecule has 2 aromatic rings. The first-order valence-corrected chi connectivity index (χ1v) is 6.31. The van der Waals surface area contributed by atoms with E-state index < -0.39 is 0 Å². The summed E-state index contributed by atoms with van der Waals surface area (Å²) in [6.07, 6.45) is 0.711. The van der Waals surface area contributed by atoms with E-state index in [-0.39, 0.29) is 0 Å². The van der Waals surface area contributed by atoms with Gasteiger partial charge in [0.05, 0.1) is 12.3 Å². The van der Waals surface area contributed by atoms with Gasteiger partial charge in [-0.1, -0.05) is 19.0 Å². The van der Waals surface area contributed by atoms with Crippen LogP contribution in [0.4, 0.5) is 0 Å². The Kier molecular flexibility index (Phi) is 3.89. The van der Waals surface area contributed by atoms with Crippen LogP contribution in [0.15, 0.2) is 22.7 Å². The summed E-state index contributed by atoms with van der Waals surface area (Å²) in [6, 6.07) is 5.76. The fraction of sp³-hybridized carbons (Fsp3) is 0.462. The Hall–Kier alpha value is -1.22. The molecule has 0 unspecified atom stereocenters. The lowest BCUT2D eigenvalue weighted by atomic mass is 10.2. The summed E-state index contributed by atoms with van der Waals surface area (Å²) in [6.45, 7) is 4.95. The highest BCUT2D eigenvalue weighted by Gasteiger charge is 2.09. The third kappa shape index (κ3) is 2.91. The van der Waals surface area contributed by atoms with Gasteiger partial charge in [-0.3, -0.25) is 0 Å². The maximum Gasteiger partial charge on any atom is 0.167 e. The van der Waals surface area contributed by atoms with Crippen molar-refractivity contribution in [3.8, 4) is 5.75 Å². The molecule has 0 atom stereocenters. The summed E-state index contributed by atoms with van der Waals surface area (Å²) in [5.41, 5.74) is 1.67. The lowest BCUT2D eigenvalue weighted by molar-refractivity contribution is 0.271. The number of fused-ring (bicyclic) bond motifs is 1.